The number of hydrogen-bond acceptors (Lipinski definition) is 3. The van der Waals surface area contributed by atoms with Crippen molar-refractivity contribution in [2.45, 2.75) is 63.7 Å². The van der Waals surface area contributed by atoms with Crippen LogP contribution in [0.1, 0.15) is 49.8 Å². The van der Waals surface area contributed by atoms with Gasteiger partial charge in [0.2, 0.25) is 0 Å². The highest BCUT2D eigenvalue weighted by molar-refractivity contribution is 5.39. The Morgan fingerprint density at radius 1 is 1.25 bits per heavy atom. The zero-order chi connectivity index (χ0) is 14.3. The third-order valence-electron chi connectivity index (χ3n) is 5.11. The van der Waals surface area contributed by atoms with Gasteiger partial charge in [-0.2, -0.15) is 0 Å². The molecule has 0 aliphatic carbocycles. The summed E-state index contributed by atoms with van der Waals surface area (Å²) in [5, 5.41) is 0. The van der Waals surface area contributed by atoms with Crippen molar-refractivity contribution in [1.82, 2.24) is 4.90 Å². The smallest absolute Gasteiger partial charge is 0.123 e. The maximum absolute atomic E-state index is 6.19. The number of hydrogen-bond donors (Lipinski definition) is 1. The molecule has 3 heteroatoms. The van der Waals surface area contributed by atoms with Crippen molar-refractivity contribution in [3.05, 3.63) is 29.3 Å². The molecule has 3 unspecified atom stereocenters. The molecule has 2 saturated heterocycles. The van der Waals surface area contributed by atoms with E-state index in [1.54, 1.807) is 7.11 Å². The van der Waals surface area contributed by atoms with Crippen LogP contribution in [0.5, 0.6) is 5.75 Å². The molecule has 0 radical (unpaired) electrons. The maximum atomic E-state index is 6.19. The SMILES string of the molecule is COc1ccc(C)cc1C(C)N1C2CCC1CC(N)C2. The van der Waals surface area contributed by atoms with Gasteiger partial charge in [0.15, 0.2) is 0 Å². The summed E-state index contributed by atoms with van der Waals surface area (Å²) in [6.07, 6.45) is 4.90. The second-order valence-corrected chi connectivity index (χ2v) is 6.49. The average Bonchev–Trinajstić information content (AvgIpc) is 2.70. The first-order chi connectivity index (χ1) is 9.60. The Morgan fingerprint density at radius 3 is 2.50 bits per heavy atom. The second kappa shape index (κ2) is 5.38. The molecule has 2 aliphatic heterocycles. The van der Waals surface area contributed by atoms with E-state index in [-0.39, 0.29) is 0 Å². The van der Waals surface area contributed by atoms with E-state index in [1.807, 2.05) is 0 Å². The summed E-state index contributed by atoms with van der Waals surface area (Å²) in [7, 11) is 1.77. The molecule has 0 amide bonds. The summed E-state index contributed by atoms with van der Waals surface area (Å²) < 4.78 is 5.57. The van der Waals surface area contributed by atoms with Crippen LogP contribution < -0.4 is 10.5 Å². The first kappa shape index (κ1) is 13.9. The number of fused-ring (bicyclic) bond motifs is 2. The molecular formula is C17H26N2O. The summed E-state index contributed by atoms with van der Waals surface area (Å²) in [6, 6.07) is 8.62. The number of rotatable bonds is 3. The fourth-order valence-electron chi connectivity index (χ4n) is 4.23. The minimum atomic E-state index is 0.398. The van der Waals surface area contributed by atoms with Crippen LogP contribution in [-0.2, 0) is 0 Å². The number of benzene rings is 1. The van der Waals surface area contributed by atoms with Crippen LogP contribution in [0.4, 0.5) is 0 Å². The van der Waals surface area contributed by atoms with E-state index in [0.29, 0.717) is 24.2 Å². The molecule has 3 atom stereocenters. The van der Waals surface area contributed by atoms with Gasteiger partial charge in [-0.1, -0.05) is 17.7 Å². The molecule has 3 rings (SSSR count). The molecule has 0 saturated carbocycles. The third kappa shape index (κ3) is 2.33. The van der Waals surface area contributed by atoms with Crippen LogP contribution in [-0.4, -0.2) is 30.1 Å². The van der Waals surface area contributed by atoms with Gasteiger partial charge in [0.25, 0.3) is 0 Å². The van der Waals surface area contributed by atoms with E-state index in [1.165, 1.54) is 24.0 Å². The molecule has 3 nitrogen and oxygen atoms in total. The quantitative estimate of drug-likeness (QED) is 0.921. The van der Waals surface area contributed by atoms with Crippen LogP contribution >= 0.6 is 0 Å². The van der Waals surface area contributed by atoms with Crippen LogP contribution in [0.2, 0.25) is 0 Å². The summed E-state index contributed by atoms with van der Waals surface area (Å²) in [5.41, 5.74) is 8.80. The number of methoxy groups -OCH3 is 1. The number of nitrogens with two attached hydrogens (primary N) is 1. The van der Waals surface area contributed by atoms with Crippen LogP contribution in [0.25, 0.3) is 0 Å². The van der Waals surface area contributed by atoms with Crippen molar-refractivity contribution in [2.75, 3.05) is 7.11 Å². The van der Waals surface area contributed by atoms with Crippen LogP contribution in [0.15, 0.2) is 18.2 Å². The summed E-state index contributed by atoms with van der Waals surface area (Å²) >= 11 is 0. The lowest BCUT2D eigenvalue weighted by Gasteiger charge is -2.42. The molecule has 1 aromatic carbocycles. The van der Waals surface area contributed by atoms with E-state index < -0.39 is 0 Å². The first-order valence-corrected chi connectivity index (χ1v) is 7.77. The molecule has 2 aliphatic rings. The monoisotopic (exact) mass is 274 g/mol. The lowest BCUT2D eigenvalue weighted by Crippen LogP contribution is -2.48. The minimum absolute atomic E-state index is 0.398. The van der Waals surface area contributed by atoms with E-state index in [0.717, 1.165) is 18.6 Å². The van der Waals surface area contributed by atoms with Gasteiger partial charge in [-0.15, -0.1) is 0 Å². The molecule has 110 valence electrons. The molecule has 2 fully saturated rings. The normalized spacial score (nSPS) is 31.3. The Balaban J connectivity index is 1.89. The minimum Gasteiger partial charge on any atom is -0.496 e. The Bertz CT molecular complexity index is 474. The highest BCUT2D eigenvalue weighted by Gasteiger charge is 2.42. The fraction of sp³-hybridized carbons (Fsp3) is 0.647. The lowest BCUT2D eigenvalue weighted by atomic mass is 9.93. The predicted octanol–water partition coefficient (Wildman–Crippen LogP) is 3.02. The standard InChI is InChI=1S/C17H26N2O/c1-11-4-7-17(20-3)16(8-11)12(2)19-14-5-6-15(19)10-13(18)9-14/h4,7-8,12-15H,5-6,9-10,18H2,1-3H3. The topological polar surface area (TPSA) is 38.5 Å². The molecule has 2 heterocycles. The summed E-state index contributed by atoms with van der Waals surface area (Å²) in [4.78, 5) is 2.70. The molecule has 2 bridgehead atoms. The van der Waals surface area contributed by atoms with Crippen molar-refractivity contribution < 1.29 is 4.74 Å². The highest BCUT2D eigenvalue weighted by atomic mass is 16.5. The van der Waals surface area contributed by atoms with Crippen molar-refractivity contribution in [3.63, 3.8) is 0 Å². The Morgan fingerprint density at radius 2 is 1.90 bits per heavy atom. The van der Waals surface area contributed by atoms with E-state index in [4.69, 9.17) is 10.5 Å². The zero-order valence-corrected chi connectivity index (χ0v) is 12.8. The summed E-state index contributed by atoms with van der Waals surface area (Å²) in [6.45, 7) is 4.47. The van der Waals surface area contributed by atoms with Crippen LogP contribution in [0, 0.1) is 6.92 Å². The predicted molar refractivity (Wildman–Crippen MR) is 82.0 cm³/mol. The van der Waals surface area contributed by atoms with Gasteiger partial charge in [-0.3, -0.25) is 4.90 Å². The van der Waals surface area contributed by atoms with E-state index in [9.17, 15) is 0 Å². The number of aryl methyl sites for hydroxylation is 1. The molecular weight excluding hydrogens is 248 g/mol. The molecule has 1 aromatic rings. The van der Waals surface area contributed by atoms with Gasteiger partial charge in [0, 0.05) is 29.7 Å². The zero-order valence-electron chi connectivity index (χ0n) is 12.8. The molecule has 0 spiro atoms. The van der Waals surface area contributed by atoms with Crippen molar-refractivity contribution >= 4 is 0 Å². The fourth-order valence-corrected chi connectivity index (χ4v) is 4.23. The Labute approximate surface area is 122 Å². The second-order valence-electron chi connectivity index (χ2n) is 6.49. The largest absolute Gasteiger partial charge is 0.496 e. The van der Waals surface area contributed by atoms with Gasteiger partial charge in [-0.25, -0.2) is 0 Å². The highest BCUT2D eigenvalue weighted by Crippen LogP contribution is 2.42. The Hall–Kier alpha value is -1.06. The maximum Gasteiger partial charge on any atom is 0.123 e. The molecule has 0 aromatic heterocycles. The summed E-state index contributed by atoms with van der Waals surface area (Å²) in [5.74, 6) is 1.01. The molecule has 20 heavy (non-hydrogen) atoms. The van der Waals surface area contributed by atoms with Crippen LogP contribution in [0.3, 0.4) is 0 Å². The van der Waals surface area contributed by atoms with E-state index in [2.05, 4.69) is 36.9 Å². The van der Waals surface area contributed by atoms with E-state index >= 15 is 0 Å². The Kier molecular flexibility index (Phi) is 3.74. The average molecular weight is 274 g/mol. The van der Waals surface area contributed by atoms with Gasteiger partial charge >= 0.3 is 0 Å². The van der Waals surface area contributed by atoms with Crippen molar-refractivity contribution in [1.29, 1.82) is 0 Å². The van der Waals surface area contributed by atoms with Crippen molar-refractivity contribution in [2.24, 2.45) is 5.73 Å². The number of ether oxygens (including phenoxy) is 1. The van der Waals surface area contributed by atoms with Gasteiger partial charge in [-0.05, 0) is 45.6 Å². The van der Waals surface area contributed by atoms with Gasteiger partial charge < -0.3 is 10.5 Å². The van der Waals surface area contributed by atoms with Crippen molar-refractivity contribution in [3.8, 4) is 5.75 Å². The number of piperidine rings is 1. The van der Waals surface area contributed by atoms with Gasteiger partial charge in [0.1, 0.15) is 5.75 Å². The lowest BCUT2D eigenvalue weighted by molar-refractivity contribution is 0.0841. The van der Waals surface area contributed by atoms with Gasteiger partial charge in [0.05, 0.1) is 7.11 Å². The first-order valence-electron chi connectivity index (χ1n) is 7.77. The third-order valence-corrected chi connectivity index (χ3v) is 5.11. The number of nitrogens with zero attached hydrogens (tertiary/aromatic N) is 1. The molecule has 2 N–H and O–H groups in total.